The van der Waals surface area contributed by atoms with Crippen LogP contribution in [0.2, 0.25) is 5.02 Å². The van der Waals surface area contributed by atoms with E-state index in [0.717, 1.165) is 0 Å². The summed E-state index contributed by atoms with van der Waals surface area (Å²) in [7, 11) is 0. The molecule has 1 saturated heterocycles. The van der Waals surface area contributed by atoms with Crippen LogP contribution in [0.4, 0.5) is 10.2 Å². The number of fused-ring (bicyclic) bond motifs is 1. The molecule has 0 bridgehead atoms. The molecule has 12 heteroatoms. The Labute approximate surface area is 228 Å². The maximum Gasteiger partial charge on any atom is 0.355 e. The molecule has 0 radical (unpaired) electrons. The van der Waals surface area contributed by atoms with Crippen LogP contribution < -0.4 is 10.6 Å². The number of anilines is 1. The molecule has 5 rings (SSSR count). The summed E-state index contributed by atoms with van der Waals surface area (Å²) in [6.45, 7) is 10.1. The molecule has 0 unspecified atom stereocenters. The number of carbonyl (C=O) groups is 1. The zero-order valence-corrected chi connectivity index (χ0v) is 22.3. The summed E-state index contributed by atoms with van der Waals surface area (Å²) in [6.07, 6.45) is 2.66. The molecule has 10 nitrogen and oxygen atoms in total. The number of amides is 1. The Balaban J connectivity index is 1.81. The number of aromatic nitrogens is 5. The Morgan fingerprint density at radius 1 is 1.21 bits per heavy atom. The average Bonchev–Trinajstić information content (AvgIpc) is 2.89. The highest BCUT2D eigenvalue weighted by atomic mass is 35.5. The van der Waals surface area contributed by atoms with Crippen LogP contribution in [0.25, 0.3) is 28.0 Å². The van der Waals surface area contributed by atoms with Crippen LogP contribution in [-0.4, -0.2) is 66.1 Å². The molecule has 1 aromatic carbocycles. The van der Waals surface area contributed by atoms with Crippen molar-refractivity contribution in [1.82, 2.24) is 29.4 Å². The Morgan fingerprint density at radius 2 is 1.92 bits per heavy atom. The van der Waals surface area contributed by atoms with Crippen LogP contribution in [0.15, 0.2) is 48.0 Å². The van der Waals surface area contributed by atoms with Gasteiger partial charge in [-0.2, -0.15) is 4.98 Å². The Morgan fingerprint density at radius 3 is 2.56 bits per heavy atom. The topological polar surface area (TPSA) is 117 Å². The first-order valence-corrected chi connectivity index (χ1v) is 12.6. The second-order valence-corrected chi connectivity index (χ2v) is 9.71. The summed E-state index contributed by atoms with van der Waals surface area (Å²) in [5, 5.41) is 11.0. The van der Waals surface area contributed by atoms with Gasteiger partial charge in [0, 0.05) is 25.7 Å². The summed E-state index contributed by atoms with van der Waals surface area (Å²) in [6, 6.07) is 5.24. The van der Waals surface area contributed by atoms with E-state index in [2.05, 4.69) is 26.5 Å². The summed E-state index contributed by atoms with van der Waals surface area (Å²) < 4.78 is 16.2. The van der Waals surface area contributed by atoms with Crippen molar-refractivity contribution in [2.45, 2.75) is 26.8 Å². The summed E-state index contributed by atoms with van der Waals surface area (Å²) in [4.78, 5) is 47.0. The minimum Gasteiger partial charge on any atom is -0.507 e. The largest absolute Gasteiger partial charge is 0.507 e. The number of hydrogen-bond donors (Lipinski definition) is 1. The second kappa shape index (κ2) is 10.1. The quantitative estimate of drug-likeness (QED) is 0.384. The summed E-state index contributed by atoms with van der Waals surface area (Å²) in [5.41, 5.74) is 0.684. The maximum atomic E-state index is 14.9. The standard InChI is InChI=1S/C27H25ClFN7O3/c1-5-21(38)34-9-10-35(14(2)12-34)25-17-11-18(28)23(22-19(29)7-6-8-20(22)37)32-26(17)36(27(39)33-25)24-15(3)30-13-31-16(24)4/h5-8,11,13-14,37H,1,9-10,12H2,2-4H3/t14-/m0/s1. The minimum atomic E-state index is -0.723. The molecule has 200 valence electrons. The third-order valence-corrected chi connectivity index (χ3v) is 7.12. The number of hydrogen-bond acceptors (Lipinski definition) is 8. The van der Waals surface area contributed by atoms with Gasteiger partial charge in [0.25, 0.3) is 0 Å². The molecule has 4 heterocycles. The molecule has 1 N–H and O–H groups in total. The molecule has 4 aromatic rings. The number of phenols is 1. The number of benzene rings is 1. The Kier molecular flexibility index (Phi) is 6.77. The number of aryl methyl sites for hydroxylation is 2. The highest BCUT2D eigenvalue weighted by Crippen LogP contribution is 2.38. The lowest BCUT2D eigenvalue weighted by Crippen LogP contribution is -2.54. The number of rotatable bonds is 4. The molecule has 1 atom stereocenters. The first-order chi connectivity index (χ1) is 18.6. The smallest absolute Gasteiger partial charge is 0.355 e. The van der Waals surface area contributed by atoms with E-state index in [9.17, 15) is 19.1 Å². The maximum absolute atomic E-state index is 14.9. The highest BCUT2D eigenvalue weighted by molar-refractivity contribution is 6.34. The van der Waals surface area contributed by atoms with Crippen molar-refractivity contribution in [2.75, 3.05) is 24.5 Å². The van der Waals surface area contributed by atoms with Crippen molar-refractivity contribution in [1.29, 1.82) is 0 Å². The number of piperazine rings is 1. The molecular weight excluding hydrogens is 525 g/mol. The van der Waals surface area contributed by atoms with E-state index in [-0.39, 0.29) is 39.6 Å². The fourth-order valence-corrected chi connectivity index (χ4v) is 5.21. The Hall–Kier alpha value is -4.38. The van der Waals surface area contributed by atoms with Crippen LogP contribution in [-0.2, 0) is 4.79 Å². The number of phenolic OH excluding ortho intramolecular Hbond substituents is 1. The lowest BCUT2D eigenvalue weighted by atomic mass is 10.1. The second-order valence-electron chi connectivity index (χ2n) is 9.30. The third-order valence-electron chi connectivity index (χ3n) is 6.83. The lowest BCUT2D eigenvalue weighted by molar-refractivity contribution is -0.126. The van der Waals surface area contributed by atoms with Crippen LogP contribution in [0.5, 0.6) is 5.75 Å². The molecule has 1 amide bonds. The molecule has 39 heavy (non-hydrogen) atoms. The van der Waals surface area contributed by atoms with Gasteiger partial charge in [0.15, 0.2) is 5.65 Å². The molecule has 1 fully saturated rings. The molecule has 0 spiro atoms. The van der Waals surface area contributed by atoms with Gasteiger partial charge in [-0.25, -0.2) is 28.7 Å². The average molecular weight is 550 g/mol. The van der Waals surface area contributed by atoms with Crippen LogP contribution in [0.1, 0.15) is 18.3 Å². The van der Waals surface area contributed by atoms with E-state index in [1.165, 1.54) is 35.2 Å². The Bertz CT molecular complexity index is 1670. The van der Waals surface area contributed by atoms with Gasteiger partial charge in [-0.1, -0.05) is 24.2 Å². The predicted octanol–water partition coefficient (Wildman–Crippen LogP) is 3.58. The highest BCUT2D eigenvalue weighted by Gasteiger charge is 2.30. The van der Waals surface area contributed by atoms with Crippen LogP contribution in [0, 0.1) is 19.7 Å². The van der Waals surface area contributed by atoms with Gasteiger partial charge in [-0.3, -0.25) is 4.79 Å². The van der Waals surface area contributed by atoms with Crippen molar-refractivity contribution in [3.8, 4) is 22.7 Å². The first kappa shape index (κ1) is 26.2. The summed E-state index contributed by atoms with van der Waals surface area (Å²) in [5.74, 6) is -0.919. The van der Waals surface area contributed by atoms with E-state index < -0.39 is 11.5 Å². The molecule has 1 aliphatic rings. The third kappa shape index (κ3) is 4.48. The van der Waals surface area contributed by atoms with Gasteiger partial charge in [0.05, 0.1) is 38.7 Å². The molecule has 1 aliphatic heterocycles. The first-order valence-electron chi connectivity index (χ1n) is 12.2. The zero-order valence-electron chi connectivity index (χ0n) is 21.5. The number of aromatic hydroxyl groups is 1. The summed E-state index contributed by atoms with van der Waals surface area (Å²) >= 11 is 6.65. The van der Waals surface area contributed by atoms with Crippen molar-refractivity contribution < 1.29 is 14.3 Å². The van der Waals surface area contributed by atoms with E-state index in [1.54, 1.807) is 24.8 Å². The van der Waals surface area contributed by atoms with Gasteiger partial charge in [-0.15, -0.1) is 0 Å². The zero-order chi connectivity index (χ0) is 28.0. The van der Waals surface area contributed by atoms with Gasteiger partial charge in [0.1, 0.15) is 23.7 Å². The van der Waals surface area contributed by atoms with E-state index in [4.69, 9.17) is 11.6 Å². The van der Waals surface area contributed by atoms with Gasteiger partial charge in [-0.05, 0) is 45.0 Å². The SMILES string of the molecule is C=CC(=O)N1CCN(c2nc(=O)n(-c3c(C)ncnc3C)c3nc(-c4c(O)cccc4F)c(Cl)cc23)[C@@H](C)C1. The van der Waals surface area contributed by atoms with Crippen LogP contribution in [0.3, 0.4) is 0 Å². The van der Waals surface area contributed by atoms with E-state index in [0.29, 0.717) is 47.9 Å². The van der Waals surface area contributed by atoms with Gasteiger partial charge >= 0.3 is 5.69 Å². The number of nitrogens with zero attached hydrogens (tertiary/aromatic N) is 7. The van der Waals surface area contributed by atoms with Gasteiger partial charge in [0.2, 0.25) is 5.91 Å². The molecule has 0 saturated carbocycles. The molecule has 3 aromatic heterocycles. The van der Waals surface area contributed by atoms with Crippen molar-refractivity contribution in [3.05, 3.63) is 76.0 Å². The van der Waals surface area contributed by atoms with Crippen molar-refractivity contribution >= 4 is 34.4 Å². The normalized spacial score (nSPS) is 15.6. The van der Waals surface area contributed by atoms with Crippen LogP contribution >= 0.6 is 11.6 Å². The fraction of sp³-hybridized carbons (Fsp3) is 0.259. The van der Waals surface area contributed by atoms with E-state index in [1.807, 2.05) is 11.8 Å². The molecular formula is C27H25ClFN7O3. The minimum absolute atomic E-state index is 0.0355. The molecule has 0 aliphatic carbocycles. The van der Waals surface area contributed by atoms with Crippen molar-refractivity contribution in [2.24, 2.45) is 0 Å². The van der Waals surface area contributed by atoms with Crippen molar-refractivity contribution in [3.63, 3.8) is 0 Å². The number of carbonyl (C=O) groups excluding carboxylic acids is 1. The van der Waals surface area contributed by atoms with E-state index >= 15 is 0 Å². The lowest BCUT2D eigenvalue weighted by Gasteiger charge is -2.40. The number of pyridine rings is 1. The monoisotopic (exact) mass is 549 g/mol. The predicted molar refractivity (Wildman–Crippen MR) is 146 cm³/mol. The number of halogens is 2. The van der Waals surface area contributed by atoms with Gasteiger partial charge < -0.3 is 14.9 Å². The fourth-order valence-electron chi connectivity index (χ4n) is 4.96.